The molecule has 0 aliphatic heterocycles. The van der Waals surface area contributed by atoms with E-state index in [0.717, 1.165) is 15.8 Å². The van der Waals surface area contributed by atoms with Crippen LogP contribution < -0.4 is 10.5 Å². The van der Waals surface area contributed by atoms with Crippen LogP contribution in [0.25, 0.3) is 0 Å². The van der Waals surface area contributed by atoms with Crippen LogP contribution in [0.2, 0.25) is 0 Å². The minimum atomic E-state index is 0.130. The number of methoxy groups -OCH3 is 1. The second kappa shape index (κ2) is 4.28. The minimum absolute atomic E-state index is 0.130. The number of hydrogen-bond donors (Lipinski definition) is 2. The molecule has 0 spiro atoms. The number of rotatable bonds is 3. The molecule has 0 aliphatic carbocycles. The van der Waals surface area contributed by atoms with Gasteiger partial charge in [0.1, 0.15) is 5.75 Å². The van der Waals surface area contributed by atoms with Gasteiger partial charge in [0.25, 0.3) is 0 Å². The van der Waals surface area contributed by atoms with E-state index in [1.807, 2.05) is 18.2 Å². The van der Waals surface area contributed by atoms with Gasteiger partial charge in [-0.05, 0) is 12.1 Å². The third kappa shape index (κ3) is 2.45. The molecule has 0 atom stereocenters. The van der Waals surface area contributed by atoms with Gasteiger partial charge in [0.05, 0.1) is 12.9 Å². The maximum atomic E-state index is 7.20. The van der Waals surface area contributed by atoms with Crippen molar-refractivity contribution in [3.63, 3.8) is 0 Å². The van der Waals surface area contributed by atoms with Gasteiger partial charge in [0.15, 0.2) is 0 Å². The molecule has 13 heavy (non-hydrogen) atoms. The molecular formula is C9H11BrN2O. The lowest BCUT2D eigenvalue weighted by molar-refractivity contribution is 0.410. The Hall–Kier alpha value is -1.03. The largest absolute Gasteiger partial charge is 0.496 e. The van der Waals surface area contributed by atoms with Gasteiger partial charge >= 0.3 is 0 Å². The summed E-state index contributed by atoms with van der Waals surface area (Å²) in [5, 5.41) is 7.20. The quantitative estimate of drug-likeness (QED) is 0.629. The molecule has 0 saturated carbocycles. The molecule has 3 N–H and O–H groups in total. The predicted molar refractivity (Wildman–Crippen MR) is 56.3 cm³/mol. The fourth-order valence-electron chi connectivity index (χ4n) is 1.09. The zero-order chi connectivity index (χ0) is 9.84. The average Bonchev–Trinajstić information content (AvgIpc) is 2.08. The highest BCUT2D eigenvalue weighted by Gasteiger charge is 2.07. The molecule has 70 valence electrons. The molecular weight excluding hydrogens is 232 g/mol. The van der Waals surface area contributed by atoms with Gasteiger partial charge in [-0.1, -0.05) is 22.0 Å². The van der Waals surface area contributed by atoms with E-state index in [9.17, 15) is 0 Å². The van der Waals surface area contributed by atoms with E-state index in [0.29, 0.717) is 6.42 Å². The molecule has 1 rings (SSSR count). The molecule has 0 bridgehead atoms. The summed E-state index contributed by atoms with van der Waals surface area (Å²) < 4.78 is 6.06. The highest BCUT2D eigenvalue weighted by atomic mass is 79.9. The van der Waals surface area contributed by atoms with Gasteiger partial charge in [-0.2, -0.15) is 0 Å². The van der Waals surface area contributed by atoms with Crippen molar-refractivity contribution in [3.8, 4) is 5.75 Å². The fourth-order valence-corrected chi connectivity index (χ4v) is 1.58. The van der Waals surface area contributed by atoms with Gasteiger partial charge in [0.2, 0.25) is 0 Å². The Morgan fingerprint density at radius 2 is 2.31 bits per heavy atom. The summed E-state index contributed by atoms with van der Waals surface area (Å²) in [6.45, 7) is 0. The van der Waals surface area contributed by atoms with E-state index in [2.05, 4.69) is 15.9 Å². The van der Waals surface area contributed by atoms with Crippen molar-refractivity contribution >= 4 is 21.8 Å². The zero-order valence-electron chi connectivity index (χ0n) is 7.30. The van der Waals surface area contributed by atoms with Crippen molar-refractivity contribution in [2.45, 2.75) is 6.42 Å². The Bertz CT molecular complexity index is 325. The van der Waals surface area contributed by atoms with Crippen LogP contribution in [-0.2, 0) is 6.42 Å². The van der Waals surface area contributed by atoms with Gasteiger partial charge in [-0.25, -0.2) is 0 Å². The van der Waals surface area contributed by atoms with Crippen molar-refractivity contribution in [3.05, 3.63) is 28.2 Å². The molecule has 1 aromatic carbocycles. The van der Waals surface area contributed by atoms with Crippen LogP contribution in [0, 0.1) is 5.41 Å². The third-order valence-electron chi connectivity index (χ3n) is 1.66. The van der Waals surface area contributed by atoms with Crippen LogP contribution in [0.15, 0.2) is 22.7 Å². The van der Waals surface area contributed by atoms with Crippen LogP contribution in [0.5, 0.6) is 5.75 Å². The van der Waals surface area contributed by atoms with Crippen molar-refractivity contribution in [2.24, 2.45) is 5.73 Å². The van der Waals surface area contributed by atoms with Crippen LogP contribution in [-0.4, -0.2) is 12.9 Å². The van der Waals surface area contributed by atoms with E-state index in [1.165, 1.54) is 0 Å². The molecule has 0 aromatic heterocycles. The first kappa shape index (κ1) is 10.1. The summed E-state index contributed by atoms with van der Waals surface area (Å²) in [4.78, 5) is 0. The SMILES string of the molecule is COc1cccc(Br)c1CC(=N)N. The first-order valence-electron chi connectivity index (χ1n) is 3.79. The van der Waals surface area contributed by atoms with E-state index in [-0.39, 0.29) is 5.84 Å². The number of ether oxygens (including phenoxy) is 1. The Kier molecular flexibility index (Phi) is 3.31. The Morgan fingerprint density at radius 3 is 2.85 bits per heavy atom. The number of amidine groups is 1. The Morgan fingerprint density at radius 1 is 1.62 bits per heavy atom. The van der Waals surface area contributed by atoms with Crippen molar-refractivity contribution < 1.29 is 4.74 Å². The molecule has 0 heterocycles. The fraction of sp³-hybridized carbons (Fsp3) is 0.222. The monoisotopic (exact) mass is 242 g/mol. The summed E-state index contributed by atoms with van der Waals surface area (Å²) >= 11 is 3.38. The number of nitrogens with two attached hydrogens (primary N) is 1. The standard InChI is InChI=1S/C9H11BrN2O/c1-13-8-4-2-3-7(10)6(8)5-9(11)12/h2-4H,5H2,1H3,(H3,11,12). The first-order chi connectivity index (χ1) is 6.15. The van der Waals surface area contributed by atoms with Crippen molar-refractivity contribution in [1.82, 2.24) is 0 Å². The molecule has 0 fully saturated rings. The van der Waals surface area contributed by atoms with Gasteiger partial charge in [-0.3, -0.25) is 5.41 Å². The summed E-state index contributed by atoms with van der Waals surface area (Å²) in [7, 11) is 1.60. The van der Waals surface area contributed by atoms with Crippen LogP contribution in [0.3, 0.4) is 0 Å². The number of hydrogen-bond acceptors (Lipinski definition) is 2. The van der Waals surface area contributed by atoms with E-state index < -0.39 is 0 Å². The first-order valence-corrected chi connectivity index (χ1v) is 4.58. The normalized spacial score (nSPS) is 9.69. The second-order valence-corrected chi connectivity index (χ2v) is 3.48. The van der Waals surface area contributed by atoms with E-state index >= 15 is 0 Å². The molecule has 0 aliphatic rings. The summed E-state index contributed by atoms with van der Waals surface area (Å²) in [6, 6.07) is 5.64. The molecule has 0 saturated heterocycles. The molecule has 0 radical (unpaired) electrons. The molecule has 0 unspecified atom stereocenters. The predicted octanol–water partition coefficient (Wildman–Crippen LogP) is 1.94. The number of nitrogens with one attached hydrogen (secondary N) is 1. The van der Waals surface area contributed by atoms with Gasteiger partial charge in [-0.15, -0.1) is 0 Å². The highest BCUT2D eigenvalue weighted by Crippen LogP contribution is 2.26. The molecule has 3 nitrogen and oxygen atoms in total. The van der Waals surface area contributed by atoms with Crippen LogP contribution in [0.4, 0.5) is 0 Å². The number of benzene rings is 1. The lowest BCUT2D eigenvalue weighted by Gasteiger charge is -2.09. The van der Waals surface area contributed by atoms with Crippen LogP contribution >= 0.6 is 15.9 Å². The Balaban J connectivity index is 3.07. The highest BCUT2D eigenvalue weighted by molar-refractivity contribution is 9.10. The molecule has 0 amide bonds. The molecule has 4 heteroatoms. The third-order valence-corrected chi connectivity index (χ3v) is 2.41. The second-order valence-electron chi connectivity index (χ2n) is 2.62. The maximum absolute atomic E-state index is 7.20. The maximum Gasteiger partial charge on any atom is 0.123 e. The smallest absolute Gasteiger partial charge is 0.123 e. The minimum Gasteiger partial charge on any atom is -0.496 e. The lowest BCUT2D eigenvalue weighted by atomic mass is 10.1. The van der Waals surface area contributed by atoms with E-state index in [4.69, 9.17) is 15.9 Å². The molecule has 1 aromatic rings. The summed E-state index contributed by atoms with van der Waals surface area (Å²) in [6.07, 6.45) is 0.407. The van der Waals surface area contributed by atoms with Crippen LogP contribution in [0.1, 0.15) is 5.56 Å². The van der Waals surface area contributed by atoms with Gasteiger partial charge in [0, 0.05) is 16.5 Å². The van der Waals surface area contributed by atoms with Crippen molar-refractivity contribution in [2.75, 3.05) is 7.11 Å². The van der Waals surface area contributed by atoms with Crippen molar-refractivity contribution in [1.29, 1.82) is 5.41 Å². The Labute approximate surface area is 85.5 Å². The summed E-state index contributed by atoms with van der Waals surface area (Å²) in [5.41, 5.74) is 6.24. The van der Waals surface area contributed by atoms with Gasteiger partial charge < -0.3 is 10.5 Å². The van der Waals surface area contributed by atoms with E-state index in [1.54, 1.807) is 7.11 Å². The lowest BCUT2D eigenvalue weighted by Crippen LogP contribution is -2.13. The summed E-state index contributed by atoms with van der Waals surface area (Å²) in [5.74, 6) is 0.884. The average molecular weight is 243 g/mol. The number of halogens is 1. The zero-order valence-corrected chi connectivity index (χ0v) is 8.89. The topological polar surface area (TPSA) is 59.1 Å².